The molecule has 3 amide bonds. The van der Waals surface area contributed by atoms with Crippen LogP contribution < -0.4 is 26.3 Å². The van der Waals surface area contributed by atoms with Gasteiger partial charge in [0.15, 0.2) is 0 Å². The lowest BCUT2D eigenvalue weighted by atomic mass is 10.2. The van der Waals surface area contributed by atoms with Gasteiger partial charge >= 0.3 is 6.03 Å². The fourth-order valence-corrected chi connectivity index (χ4v) is 4.08. The van der Waals surface area contributed by atoms with Crippen LogP contribution in [0.3, 0.4) is 0 Å². The molecule has 3 aromatic rings. The van der Waals surface area contributed by atoms with Gasteiger partial charge < -0.3 is 20.4 Å². The highest BCUT2D eigenvalue weighted by molar-refractivity contribution is 6.02. The number of likely N-dealkylation sites (N-methyl/N-ethyl adjacent to an activating group) is 1. The Morgan fingerprint density at radius 3 is 1.97 bits per heavy atom. The lowest BCUT2D eigenvalue weighted by molar-refractivity contribution is -0.118. The molecule has 0 bridgehead atoms. The van der Waals surface area contributed by atoms with Crippen molar-refractivity contribution in [1.29, 1.82) is 0 Å². The van der Waals surface area contributed by atoms with Crippen LogP contribution in [0.25, 0.3) is 0 Å². The van der Waals surface area contributed by atoms with Crippen LogP contribution in [-0.4, -0.2) is 76.6 Å². The van der Waals surface area contributed by atoms with Gasteiger partial charge in [0.1, 0.15) is 6.54 Å². The molecule has 37 heavy (non-hydrogen) atoms. The second kappa shape index (κ2) is 11.1. The predicted octanol–water partition coefficient (Wildman–Crippen LogP) is 1.73. The Labute approximate surface area is 215 Å². The largest absolute Gasteiger partial charge is 0.369 e. The fourth-order valence-electron chi connectivity index (χ4n) is 4.08. The van der Waals surface area contributed by atoms with Crippen molar-refractivity contribution in [2.24, 2.45) is 0 Å². The highest BCUT2D eigenvalue weighted by Crippen LogP contribution is 2.18. The number of imide groups is 1. The third kappa shape index (κ3) is 6.41. The molecule has 0 saturated carbocycles. The quantitative estimate of drug-likeness (QED) is 0.321. The molecule has 3 heterocycles. The minimum Gasteiger partial charge on any atom is -0.369 e. The SMILES string of the molecule is CN1CCN(c2ccc(CNc3nc(NCc4ccccc4)nc(NN4CC(=O)NC4=O)n3)cc2)CC1. The van der Waals surface area contributed by atoms with Crippen LogP contribution in [0.4, 0.5) is 28.3 Å². The van der Waals surface area contributed by atoms with Gasteiger partial charge in [0, 0.05) is 45.0 Å². The van der Waals surface area contributed by atoms with E-state index in [1.807, 2.05) is 30.3 Å². The maximum atomic E-state index is 12.0. The zero-order valence-electron chi connectivity index (χ0n) is 20.6. The number of carbonyl (C=O) groups is 2. The molecule has 2 saturated heterocycles. The van der Waals surface area contributed by atoms with Crippen LogP contribution in [0.15, 0.2) is 54.6 Å². The molecule has 1 aromatic heterocycles. The van der Waals surface area contributed by atoms with E-state index in [9.17, 15) is 9.59 Å². The summed E-state index contributed by atoms with van der Waals surface area (Å²) in [6.07, 6.45) is 0. The number of aromatic nitrogens is 3. The van der Waals surface area contributed by atoms with E-state index in [0.29, 0.717) is 25.0 Å². The molecule has 2 fully saturated rings. The van der Waals surface area contributed by atoms with Crippen molar-refractivity contribution in [2.45, 2.75) is 13.1 Å². The molecule has 2 aromatic carbocycles. The normalized spacial score (nSPS) is 16.0. The molecule has 12 heteroatoms. The molecule has 0 atom stereocenters. The van der Waals surface area contributed by atoms with Gasteiger partial charge in [-0.05, 0) is 30.3 Å². The summed E-state index contributed by atoms with van der Waals surface area (Å²) in [7, 11) is 2.15. The van der Waals surface area contributed by atoms with Crippen molar-refractivity contribution in [2.75, 3.05) is 60.7 Å². The zero-order valence-corrected chi connectivity index (χ0v) is 20.6. The molecule has 0 spiro atoms. The number of rotatable bonds is 9. The average molecular weight is 503 g/mol. The molecule has 0 radical (unpaired) electrons. The average Bonchev–Trinajstić information content (AvgIpc) is 3.23. The summed E-state index contributed by atoms with van der Waals surface area (Å²) in [5.74, 6) is 0.415. The predicted molar refractivity (Wildman–Crippen MR) is 141 cm³/mol. The second-order valence-electron chi connectivity index (χ2n) is 9.01. The number of hydrazine groups is 1. The Morgan fingerprint density at radius 2 is 1.38 bits per heavy atom. The third-order valence-corrected chi connectivity index (χ3v) is 6.21. The summed E-state index contributed by atoms with van der Waals surface area (Å²) < 4.78 is 0. The van der Waals surface area contributed by atoms with E-state index < -0.39 is 11.9 Å². The topological polar surface area (TPSA) is 131 Å². The third-order valence-electron chi connectivity index (χ3n) is 6.21. The van der Waals surface area contributed by atoms with Gasteiger partial charge in [-0.15, -0.1) is 0 Å². The first-order valence-electron chi connectivity index (χ1n) is 12.2. The van der Waals surface area contributed by atoms with Crippen LogP contribution in [-0.2, 0) is 17.9 Å². The van der Waals surface area contributed by atoms with Crippen LogP contribution >= 0.6 is 0 Å². The summed E-state index contributed by atoms with van der Waals surface area (Å²) in [5, 5.41) is 9.78. The van der Waals surface area contributed by atoms with Gasteiger partial charge in [0.25, 0.3) is 0 Å². The summed E-state index contributed by atoms with van der Waals surface area (Å²) >= 11 is 0. The number of benzene rings is 2. The molecular formula is C25H30N10O2. The van der Waals surface area contributed by atoms with Gasteiger partial charge in [0.2, 0.25) is 23.8 Å². The molecule has 2 aliphatic heterocycles. The van der Waals surface area contributed by atoms with E-state index in [1.165, 1.54) is 5.69 Å². The number of carbonyl (C=O) groups excluding carboxylic acids is 2. The first-order valence-corrected chi connectivity index (χ1v) is 12.2. The second-order valence-corrected chi connectivity index (χ2v) is 9.01. The number of nitrogens with one attached hydrogen (secondary N) is 4. The molecule has 0 aliphatic carbocycles. The van der Waals surface area contributed by atoms with E-state index in [2.05, 4.69) is 77.4 Å². The lowest BCUT2D eigenvalue weighted by Crippen LogP contribution is -2.44. The first-order chi connectivity index (χ1) is 18.0. The molecular weight excluding hydrogens is 472 g/mol. The van der Waals surface area contributed by atoms with E-state index in [0.717, 1.165) is 42.3 Å². The Morgan fingerprint density at radius 1 is 0.784 bits per heavy atom. The molecule has 192 valence electrons. The number of hydrogen-bond donors (Lipinski definition) is 4. The van der Waals surface area contributed by atoms with Crippen molar-refractivity contribution < 1.29 is 9.59 Å². The van der Waals surface area contributed by atoms with Crippen LogP contribution in [0.1, 0.15) is 11.1 Å². The highest BCUT2D eigenvalue weighted by Gasteiger charge is 2.27. The Hall–Kier alpha value is -4.45. The maximum Gasteiger partial charge on any atom is 0.343 e. The maximum absolute atomic E-state index is 12.0. The zero-order chi connectivity index (χ0) is 25.6. The lowest BCUT2D eigenvalue weighted by Gasteiger charge is -2.34. The van der Waals surface area contributed by atoms with Gasteiger partial charge in [-0.3, -0.25) is 15.5 Å². The standard InChI is InChI=1S/C25H30N10O2/c1-33-11-13-34(14-12-33)20-9-7-19(8-10-20)16-27-23-29-22(26-15-18-5-3-2-4-6-18)30-24(31-23)32-35-17-21(36)28-25(35)37/h2-10H,11-17H2,1H3,(H,28,36,37)(H3,26,27,29,30,31,32). The first kappa shape index (κ1) is 24.3. The smallest absolute Gasteiger partial charge is 0.343 e. The number of hydrogen-bond acceptors (Lipinski definition) is 10. The van der Waals surface area contributed by atoms with Gasteiger partial charge in [0.05, 0.1) is 0 Å². The van der Waals surface area contributed by atoms with E-state index >= 15 is 0 Å². The Balaban J connectivity index is 1.26. The van der Waals surface area contributed by atoms with Crippen LogP contribution in [0.2, 0.25) is 0 Å². The van der Waals surface area contributed by atoms with Crippen molar-refractivity contribution in [3.8, 4) is 0 Å². The monoisotopic (exact) mass is 502 g/mol. The van der Waals surface area contributed by atoms with Gasteiger partial charge in [-0.2, -0.15) is 15.0 Å². The summed E-state index contributed by atoms with van der Waals surface area (Å²) in [5.41, 5.74) is 6.16. The van der Waals surface area contributed by atoms with Crippen molar-refractivity contribution in [3.05, 3.63) is 65.7 Å². The molecule has 5 rings (SSSR count). The summed E-state index contributed by atoms with van der Waals surface area (Å²) in [4.78, 5) is 41.5. The number of anilines is 4. The van der Waals surface area contributed by atoms with E-state index in [4.69, 9.17) is 0 Å². The number of urea groups is 1. The molecule has 0 unspecified atom stereocenters. The molecule has 2 aliphatic rings. The summed E-state index contributed by atoms with van der Waals surface area (Å²) in [6, 6.07) is 17.8. The van der Waals surface area contributed by atoms with Crippen LogP contribution in [0.5, 0.6) is 0 Å². The number of piperazine rings is 1. The van der Waals surface area contributed by atoms with Crippen molar-refractivity contribution >= 4 is 35.5 Å². The number of nitrogens with zero attached hydrogens (tertiary/aromatic N) is 6. The molecule has 12 nitrogen and oxygen atoms in total. The summed E-state index contributed by atoms with van der Waals surface area (Å²) in [6.45, 7) is 5.06. The van der Waals surface area contributed by atoms with E-state index in [-0.39, 0.29) is 12.5 Å². The van der Waals surface area contributed by atoms with Crippen molar-refractivity contribution in [3.63, 3.8) is 0 Å². The van der Waals surface area contributed by atoms with Crippen LogP contribution in [0, 0.1) is 0 Å². The van der Waals surface area contributed by atoms with Crippen molar-refractivity contribution in [1.82, 2.24) is 30.2 Å². The fraction of sp³-hybridized carbons (Fsp3) is 0.320. The van der Waals surface area contributed by atoms with Gasteiger partial charge in [-0.25, -0.2) is 9.80 Å². The number of amides is 3. The Kier molecular flexibility index (Phi) is 7.26. The highest BCUT2D eigenvalue weighted by atomic mass is 16.2. The minimum absolute atomic E-state index is 0.125. The van der Waals surface area contributed by atoms with Gasteiger partial charge in [-0.1, -0.05) is 42.5 Å². The van der Waals surface area contributed by atoms with E-state index in [1.54, 1.807) is 0 Å². The Bertz CT molecular complexity index is 1230. The molecule has 4 N–H and O–H groups in total. The minimum atomic E-state index is -0.556.